The smallest absolute Gasteiger partial charge is 0.00509 e. The van der Waals surface area contributed by atoms with Gasteiger partial charge in [0.15, 0.2) is 0 Å². The van der Waals surface area contributed by atoms with E-state index in [9.17, 15) is 0 Å². The standard InChI is InChI=1S/C18H28N2/c1-2-9-18(10-11-19-14-18)15-20-12-7-16-5-3-4-6-17(16)8-13-20/h3-6,19H,2,7-15H2,1H3. The van der Waals surface area contributed by atoms with E-state index in [-0.39, 0.29) is 0 Å². The van der Waals surface area contributed by atoms with Crippen LogP contribution in [0.5, 0.6) is 0 Å². The lowest BCUT2D eigenvalue weighted by Crippen LogP contribution is -2.40. The van der Waals surface area contributed by atoms with Crippen LogP contribution in [0.2, 0.25) is 0 Å². The maximum atomic E-state index is 3.59. The van der Waals surface area contributed by atoms with Crippen molar-refractivity contribution in [2.45, 2.75) is 39.0 Å². The predicted molar refractivity (Wildman–Crippen MR) is 85.1 cm³/mol. The molecular formula is C18H28N2. The van der Waals surface area contributed by atoms with E-state index in [0.717, 1.165) is 0 Å². The average molecular weight is 272 g/mol. The monoisotopic (exact) mass is 272 g/mol. The SMILES string of the molecule is CCCC1(CN2CCc3ccccc3CC2)CCNC1. The highest BCUT2D eigenvalue weighted by molar-refractivity contribution is 5.28. The van der Waals surface area contributed by atoms with Gasteiger partial charge in [-0.15, -0.1) is 0 Å². The van der Waals surface area contributed by atoms with Crippen LogP contribution in [0.4, 0.5) is 0 Å². The summed E-state index contributed by atoms with van der Waals surface area (Å²) in [6.45, 7) is 8.55. The van der Waals surface area contributed by atoms with Crippen molar-refractivity contribution in [2.75, 3.05) is 32.7 Å². The van der Waals surface area contributed by atoms with Crippen LogP contribution in [0.1, 0.15) is 37.3 Å². The van der Waals surface area contributed by atoms with Crippen molar-refractivity contribution < 1.29 is 0 Å². The minimum absolute atomic E-state index is 0.547. The Morgan fingerprint density at radius 3 is 2.40 bits per heavy atom. The number of hydrogen-bond donors (Lipinski definition) is 1. The fraction of sp³-hybridized carbons (Fsp3) is 0.667. The zero-order chi connectivity index (χ0) is 13.8. The Bertz CT molecular complexity index is 408. The Labute approximate surface area is 123 Å². The van der Waals surface area contributed by atoms with Crippen LogP contribution >= 0.6 is 0 Å². The van der Waals surface area contributed by atoms with E-state index in [1.54, 1.807) is 11.1 Å². The van der Waals surface area contributed by atoms with E-state index in [1.807, 2.05) is 0 Å². The van der Waals surface area contributed by atoms with Crippen LogP contribution in [0.25, 0.3) is 0 Å². The maximum Gasteiger partial charge on any atom is 0.00509 e. The Morgan fingerprint density at radius 1 is 1.15 bits per heavy atom. The number of nitrogens with one attached hydrogen (secondary N) is 1. The fourth-order valence-corrected chi connectivity index (χ4v) is 4.10. The Morgan fingerprint density at radius 2 is 1.85 bits per heavy atom. The third kappa shape index (κ3) is 3.07. The molecular weight excluding hydrogens is 244 g/mol. The molecule has 0 bridgehead atoms. The van der Waals surface area contributed by atoms with Crippen molar-refractivity contribution in [1.29, 1.82) is 0 Å². The molecule has 0 radical (unpaired) electrons. The Hall–Kier alpha value is -0.860. The average Bonchev–Trinajstić information content (AvgIpc) is 2.81. The molecule has 1 aromatic carbocycles. The van der Waals surface area contributed by atoms with Gasteiger partial charge in [0, 0.05) is 26.2 Å². The fourth-order valence-electron chi connectivity index (χ4n) is 4.10. The van der Waals surface area contributed by atoms with Crippen LogP contribution in [-0.4, -0.2) is 37.6 Å². The second-order valence-electron chi connectivity index (χ2n) is 6.72. The first-order valence-corrected chi connectivity index (χ1v) is 8.31. The van der Waals surface area contributed by atoms with Crippen LogP contribution in [0, 0.1) is 5.41 Å². The van der Waals surface area contributed by atoms with Gasteiger partial charge < -0.3 is 10.2 Å². The van der Waals surface area contributed by atoms with Gasteiger partial charge in [-0.2, -0.15) is 0 Å². The van der Waals surface area contributed by atoms with Crippen LogP contribution in [-0.2, 0) is 12.8 Å². The van der Waals surface area contributed by atoms with Crippen LogP contribution in [0.3, 0.4) is 0 Å². The van der Waals surface area contributed by atoms with Gasteiger partial charge in [0.2, 0.25) is 0 Å². The van der Waals surface area contributed by atoms with Gasteiger partial charge in [-0.05, 0) is 48.8 Å². The summed E-state index contributed by atoms with van der Waals surface area (Å²) in [5.41, 5.74) is 3.69. The molecule has 110 valence electrons. The van der Waals surface area contributed by atoms with Crippen molar-refractivity contribution in [3.63, 3.8) is 0 Å². The Kier molecular flexibility index (Phi) is 4.42. The van der Waals surface area contributed by atoms with Gasteiger partial charge in [-0.3, -0.25) is 0 Å². The summed E-state index contributed by atoms with van der Waals surface area (Å²) in [6.07, 6.45) is 6.51. The molecule has 1 N–H and O–H groups in total. The molecule has 1 atom stereocenters. The summed E-state index contributed by atoms with van der Waals surface area (Å²) < 4.78 is 0. The largest absolute Gasteiger partial charge is 0.316 e. The van der Waals surface area contributed by atoms with Gasteiger partial charge in [-0.25, -0.2) is 0 Å². The van der Waals surface area contributed by atoms with E-state index in [1.165, 1.54) is 64.8 Å². The lowest BCUT2D eigenvalue weighted by Gasteiger charge is -2.34. The molecule has 3 rings (SSSR count). The molecule has 2 heterocycles. The maximum absolute atomic E-state index is 3.59. The Balaban J connectivity index is 1.64. The number of nitrogens with zero attached hydrogens (tertiary/aromatic N) is 1. The number of fused-ring (bicyclic) bond motifs is 1. The quantitative estimate of drug-likeness (QED) is 0.906. The van der Waals surface area contributed by atoms with E-state index in [0.29, 0.717) is 5.41 Å². The van der Waals surface area contributed by atoms with Crippen LogP contribution in [0.15, 0.2) is 24.3 Å². The lowest BCUT2D eigenvalue weighted by atomic mass is 9.82. The zero-order valence-electron chi connectivity index (χ0n) is 12.8. The molecule has 0 aromatic heterocycles. The van der Waals surface area contributed by atoms with Crippen molar-refractivity contribution in [2.24, 2.45) is 5.41 Å². The summed E-state index contributed by atoms with van der Waals surface area (Å²) in [5, 5.41) is 3.59. The summed E-state index contributed by atoms with van der Waals surface area (Å²) in [7, 11) is 0. The summed E-state index contributed by atoms with van der Waals surface area (Å²) in [5.74, 6) is 0. The third-order valence-corrected chi connectivity index (χ3v) is 5.18. The van der Waals surface area contributed by atoms with Gasteiger partial charge in [-0.1, -0.05) is 37.6 Å². The molecule has 1 aromatic rings. The molecule has 2 heteroatoms. The minimum atomic E-state index is 0.547. The zero-order valence-corrected chi connectivity index (χ0v) is 12.8. The molecule has 0 amide bonds. The highest BCUT2D eigenvalue weighted by atomic mass is 15.1. The predicted octanol–water partition coefficient (Wildman–Crippen LogP) is 2.87. The van der Waals surface area contributed by atoms with Crippen molar-refractivity contribution in [3.8, 4) is 0 Å². The minimum Gasteiger partial charge on any atom is -0.316 e. The molecule has 1 unspecified atom stereocenters. The van der Waals surface area contributed by atoms with E-state index < -0.39 is 0 Å². The molecule has 1 fully saturated rings. The van der Waals surface area contributed by atoms with Crippen molar-refractivity contribution in [3.05, 3.63) is 35.4 Å². The number of hydrogen-bond acceptors (Lipinski definition) is 2. The van der Waals surface area contributed by atoms with Crippen LogP contribution < -0.4 is 5.32 Å². The molecule has 20 heavy (non-hydrogen) atoms. The summed E-state index contributed by atoms with van der Waals surface area (Å²) in [4.78, 5) is 2.72. The van der Waals surface area contributed by atoms with Crippen molar-refractivity contribution >= 4 is 0 Å². The van der Waals surface area contributed by atoms with E-state index >= 15 is 0 Å². The normalized spacial score (nSPS) is 27.2. The van der Waals surface area contributed by atoms with Crippen molar-refractivity contribution in [1.82, 2.24) is 10.2 Å². The van der Waals surface area contributed by atoms with Gasteiger partial charge >= 0.3 is 0 Å². The molecule has 0 aliphatic carbocycles. The summed E-state index contributed by atoms with van der Waals surface area (Å²) in [6, 6.07) is 9.01. The molecule has 1 saturated heterocycles. The third-order valence-electron chi connectivity index (χ3n) is 5.18. The van der Waals surface area contributed by atoms with Gasteiger partial charge in [0.25, 0.3) is 0 Å². The first-order valence-electron chi connectivity index (χ1n) is 8.31. The molecule has 0 spiro atoms. The van der Waals surface area contributed by atoms with E-state index in [2.05, 4.69) is 41.4 Å². The molecule has 0 saturated carbocycles. The summed E-state index contributed by atoms with van der Waals surface area (Å²) >= 11 is 0. The first-order chi connectivity index (χ1) is 9.81. The van der Waals surface area contributed by atoms with Gasteiger partial charge in [0.1, 0.15) is 0 Å². The van der Waals surface area contributed by atoms with E-state index in [4.69, 9.17) is 0 Å². The number of benzene rings is 1. The molecule has 2 aliphatic rings. The molecule has 2 aliphatic heterocycles. The first kappa shape index (κ1) is 14.1. The number of rotatable bonds is 4. The highest BCUT2D eigenvalue weighted by Crippen LogP contribution is 2.32. The lowest BCUT2D eigenvalue weighted by molar-refractivity contribution is 0.157. The molecule has 2 nitrogen and oxygen atoms in total. The highest BCUT2D eigenvalue weighted by Gasteiger charge is 2.34. The second-order valence-corrected chi connectivity index (χ2v) is 6.72. The van der Waals surface area contributed by atoms with Gasteiger partial charge in [0.05, 0.1) is 0 Å². The second kappa shape index (κ2) is 6.28. The topological polar surface area (TPSA) is 15.3 Å².